The Morgan fingerprint density at radius 2 is 2.31 bits per heavy atom. The molecule has 0 aliphatic carbocycles. The highest BCUT2D eigenvalue weighted by Gasteiger charge is 2.17. The van der Waals surface area contributed by atoms with Crippen LogP contribution in [-0.4, -0.2) is 31.9 Å². The first-order chi connectivity index (χ1) is 6.19. The van der Waals surface area contributed by atoms with Gasteiger partial charge in [-0.1, -0.05) is 0 Å². The topological polar surface area (TPSA) is 58.3 Å². The molecule has 1 heterocycles. The van der Waals surface area contributed by atoms with Crippen molar-refractivity contribution in [1.82, 2.24) is 9.78 Å². The summed E-state index contributed by atoms with van der Waals surface area (Å²) >= 11 is 3.90. The van der Waals surface area contributed by atoms with E-state index in [1.165, 1.54) is 0 Å². The molecule has 0 bridgehead atoms. The predicted octanol–water partition coefficient (Wildman–Crippen LogP) is 0.227. The van der Waals surface area contributed by atoms with Crippen LogP contribution in [0.5, 0.6) is 0 Å². The van der Waals surface area contributed by atoms with Gasteiger partial charge < -0.3 is 10.2 Å². The molecule has 4 nitrogen and oxygen atoms in total. The fraction of sp³-hybridized carbons (Fsp3) is 0.625. The van der Waals surface area contributed by atoms with Crippen LogP contribution in [0.4, 0.5) is 0 Å². The molecule has 1 aromatic rings. The molecule has 5 heteroatoms. The molecule has 2 atom stereocenters. The molecule has 0 saturated carbocycles. The van der Waals surface area contributed by atoms with Gasteiger partial charge in [0.1, 0.15) is 6.10 Å². The minimum absolute atomic E-state index is 0.235. The Kier molecular flexibility index (Phi) is 3.77. The fourth-order valence-electron chi connectivity index (χ4n) is 1.03. The van der Waals surface area contributed by atoms with Gasteiger partial charge in [-0.05, 0) is 6.92 Å². The Hall–Kier alpha value is -0.520. The summed E-state index contributed by atoms with van der Waals surface area (Å²) in [7, 11) is 0. The number of aliphatic hydroxyl groups excluding tert-OH is 2. The van der Waals surface area contributed by atoms with Gasteiger partial charge in [-0.3, -0.25) is 4.68 Å². The fourth-order valence-corrected chi connectivity index (χ4v) is 1.23. The maximum Gasteiger partial charge on any atom is 0.109 e. The zero-order valence-corrected chi connectivity index (χ0v) is 8.35. The van der Waals surface area contributed by atoms with E-state index in [1.54, 1.807) is 17.1 Å². The first-order valence-corrected chi connectivity index (χ1v) is 4.81. The summed E-state index contributed by atoms with van der Waals surface area (Å²) < 4.78 is 1.70. The van der Waals surface area contributed by atoms with E-state index in [9.17, 15) is 10.2 Å². The summed E-state index contributed by atoms with van der Waals surface area (Å²) in [5.74, 6) is 0.235. The van der Waals surface area contributed by atoms with Crippen LogP contribution in [0.3, 0.4) is 0 Å². The smallest absolute Gasteiger partial charge is 0.109 e. The van der Waals surface area contributed by atoms with Gasteiger partial charge in [0.05, 0.1) is 12.3 Å². The van der Waals surface area contributed by atoms with Crippen molar-refractivity contribution in [2.75, 3.05) is 5.75 Å². The number of rotatable bonds is 4. The van der Waals surface area contributed by atoms with E-state index in [0.29, 0.717) is 5.56 Å². The monoisotopic (exact) mass is 202 g/mol. The summed E-state index contributed by atoms with van der Waals surface area (Å²) in [5.41, 5.74) is 0.628. The van der Waals surface area contributed by atoms with Gasteiger partial charge >= 0.3 is 0 Å². The molecule has 1 aromatic heterocycles. The van der Waals surface area contributed by atoms with Crippen molar-refractivity contribution in [3.05, 3.63) is 18.0 Å². The standard InChI is InChI=1S/C8H14N2O2S/c1-2-10-4-6(3-9-10)8(12)7(11)5-13/h3-4,7-8,11-13H,2,5H2,1H3. The van der Waals surface area contributed by atoms with Gasteiger partial charge in [-0.2, -0.15) is 17.7 Å². The third kappa shape index (κ3) is 2.46. The van der Waals surface area contributed by atoms with E-state index in [4.69, 9.17) is 0 Å². The number of aryl methyl sites for hydroxylation is 1. The number of hydrogen-bond donors (Lipinski definition) is 3. The van der Waals surface area contributed by atoms with Crippen molar-refractivity contribution < 1.29 is 10.2 Å². The van der Waals surface area contributed by atoms with Gasteiger partial charge in [0.2, 0.25) is 0 Å². The first-order valence-electron chi connectivity index (χ1n) is 4.18. The number of aromatic nitrogens is 2. The summed E-state index contributed by atoms with van der Waals surface area (Å²) in [5, 5.41) is 22.8. The van der Waals surface area contributed by atoms with Crippen molar-refractivity contribution in [3.63, 3.8) is 0 Å². The maximum absolute atomic E-state index is 9.55. The molecule has 0 aliphatic heterocycles. The summed E-state index contributed by atoms with van der Waals surface area (Å²) in [6.07, 6.45) is 1.55. The van der Waals surface area contributed by atoms with Crippen LogP contribution >= 0.6 is 12.6 Å². The van der Waals surface area contributed by atoms with Crippen molar-refractivity contribution >= 4 is 12.6 Å². The lowest BCUT2D eigenvalue weighted by Crippen LogP contribution is -2.19. The Bertz CT molecular complexity index is 264. The molecule has 0 spiro atoms. The van der Waals surface area contributed by atoms with E-state index in [2.05, 4.69) is 17.7 Å². The highest BCUT2D eigenvalue weighted by atomic mass is 32.1. The molecule has 0 saturated heterocycles. The third-order valence-electron chi connectivity index (χ3n) is 1.87. The lowest BCUT2D eigenvalue weighted by Gasteiger charge is -2.13. The van der Waals surface area contributed by atoms with Gasteiger partial charge in [-0.15, -0.1) is 0 Å². The highest BCUT2D eigenvalue weighted by Crippen LogP contribution is 2.16. The van der Waals surface area contributed by atoms with Crippen molar-refractivity contribution in [2.45, 2.75) is 25.7 Å². The van der Waals surface area contributed by atoms with Crippen LogP contribution in [0.25, 0.3) is 0 Å². The van der Waals surface area contributed by atoms with Crippen molar-refractivity contribution in [3.8, 4) is 0 Å². The second kappa shape index (κ2) is 4.64. The number of nitrogens with zero attached hydrogens (tertiary/aromatic N) is 2. The zero-order valence-electron chi connectivity index (χ0n) is 7.46. The summed E-state index contributed by atoms with van der Waals surface area (Å²) in [6.45, 7) is 2.71. The van der Waals surface area contributed by atoms with Crippen molar-refractivity contribution in [1.29, 1.82) is 0 Å². The van der Waals surface area contributed by atoms with Gasteiger partial charge in [0, 0.05) is 24.1 Å². The zero-order chi connectivity index (χ0) is 9.84. The normalized spacial score (nSPS) is 15.7. The van der Waals surface area contributed by atoms with Crippen LogP contribution in [-0.2, 0) is 6.54 Å². The van der Waals surface area contributed by atoms with Gasteiger partial charge in [-0.25, -0.2) is 0 Å². The quantitative estimate of drug-likeness (QED) is 0.612. The van der Waals surface area contributed by atoms with Gasteiger partial charge in [0.25, 0.3) is 0 Å². The molecule has 0 radical (unpaired) electrons. The molecular formula is C8H14N2O2S. The molecule has 13 heavy (non-hydrogen) atoms. The summed E-state index contributed by atoms with van der Waals surface area (Å²) in [6, 6.07) is 0. The van der Waals surface area contributed by atoms with E-state index >= 15 is 0 Å². The second-order valence-electron chi connectivity index (χ2n) is 2.82. The van der Waals surface area contributed by atoms with Crippen molar-refractivity contribution in [2.24, 2.45) is 0 Å². The Balaban J connectivity index is 2.70. The SMILES string of the molecule is CCn1cc(C(O)C(O)CS)cn1. The highest BCUT2D eigenvalue weighted by molar-refractivity contribution is 7.80. The number of thiol groups is 1. The molecule has 74 valence electrons. The summed E-state index contributed by atoms with van der Waals surface area (Å²) in [4.78, 5) is 0. The average Bonchev–Trinajstić information content (AvgIpc) is 2.63. The predicted molar refractivity (Wildman–Crippen MR) is 52.7 cm³/mol. The first kappa shape index (κ1) is 10.6. The molecule has 0 aromatic carbocycles. The molecule has 0 fully saturated rings. The lowest BCUT2D eigenvalue weighted by molar-refractivity contribution is 0.0337. The van der Waals surface area contributed by atoms with Crippen LogP contribution in [0.1, 0.15) is 18.6 Å². The molecule has 0 amide bonds. The van der Waals surface area contributed by atoms with E-state index in [-0.39, 0.29) is 5.75 Å². The average molecular weight is 202 g/mol. The Morgan fingerprint density at radius 3 is 2.77 bits per heavy atom. The molecule has 2 unspecified atom stereocenters. The number of hydrogen-bond acceptors (Lipinski definition) is 4. The van der Waals surface area contributed by atoms with Gasteiger partial charge in [0.15, 0.2) is 0 Å². The Morgan fingerprint density at radius 1 is 1.62 bits per heavy atom. The minimum atomic E-state index is -0.891. The van der Waals surface area contributed by atoms with Crippen LogP contribution in [0.15, 0.2) is 12.4 Å². The van der Waals surface area contributed by atoms with E-state index in [0.717, 1.165) is 6.54 Å². The molecule has 0 aliphatic rings. The lowest BCUT2D eigenvalue weighted by atomic mass is 10.1. The molecular weight excluding hydrogens is 188 g/mol. The van der Waals surface area contributed by atoms with Crippen LogP contribution in [0, 0.1) is 0 Å². The van der Waals surface area contributed by atoms with E-state index in [1.807, 2.05) is 6.92 Å². The largest absolute Gasteiger partial charge is 0.389 e. The van der Waals surface area contributed by atoms with Crippen LogP contribution in [0.2, 0.25) is 0 Å². The molecule has 2 N–H and O–H groups in total. The minimum Gasteiger partial charge on any atom is -0.389 e. The molecule has 1 rings (SSSR count). The van der Waals surface area contributed by atoms with E-state index < -0.39 is 12.2 Å². The third-order valence-corrected chi connectivity index (χ3v) is 2.24. The maximum atomic E-state index is 9.55. The van der Waals surface area contributed by atoms with Crippen LogP contribution < -0.4 is 0 Å². The second-order valence-corrected chi connectivity index (χ2v) is 3.19. The Labute approximate surface area is 82.6 Å². The number of aliphatic hydroxyl groups is 2.